The number of nitrogens with two attached hydrogens (primary N) is 1. The van der Waals surface area contributed by atoms with Gasteiger partial charge in [0.15, 0.2) is 0 Å². The summed E-state index contributed by atoms with van der Waals surface area (Å²) in [5.41, 5.74) is 8.44. The first-order valence-corrected chi connectivity index (χ1v) is 8.18. The van der Waals surface area contributed by atoms with Gasteiger partial charge in [-0.15, -0.1) is 23.7 Å². The molecular weight excluding hydrogens is 308 g/mol. The zero-order valence-corrected chi connectivity index (χ0v) is 14.1. The van der Waals surface area contributed by atoms with E-state index in [-0.39, 0.29) is 18.3 Å². The largest absolute Gasteiger partial charge is 0.354 e. The van der Waals surface area contributed by atoms with Crippen LogP contribution in [0.1, 0.15) is 36.3 Å². The van der Waals surface area contributed by atoms with Gasteiger partial charge < -0.3 is 11.1 Å². The summed E-state index contributed by atoms with van der Waals surface area (Å²) < 4.78 is 0. The van der Waals surface area contributed by atoms with Crippen molar-refractivity contribution in [2.45, 2.75) is 45.2 Å². The molecule has 0 aromatic carbocycles. The molecule has 3 N–H and O–H groups in total. The maximum absolute atomic E-state index is 11.5. The average Bonchev–Trinajstić information content (AvgIpc) is 2.84. The first-order valence-electron chi connectivity index (χ1n) is 7.30. The van der Waals surface area contributed by atoms with Crippen molar-refractivity contribution in [3.05, 3.63) is 16.1 Å². The lowest BCUT2D eigenvalue weighted by molar-refractivity contribution is -0.121. The summed E-state index contributed by atoms with van der Waals surface area (Å²) in [7, 11) is 0. The molecule has 1 fully saturated rings. The quantitative estimate of drug-likeness (QED) is 0.831. The molecule has 0 saturated carbocycles. The number of nitrogens with zero attached hydrogens (tertiary/aromatic N) is 2. The third-order valence-electron chi connectivity index (χ3n) is 3.85. The van der Waals surface area contributed by atoms with Gasteiger partial charge in [0.25, 0.3) is 0 Å². The standard InChI is InChI=1S/C14H24N4OS.ClH/c1-11-13(20-10-17-11)9-18-7-3-2-4-12(18)8-16-14(19)5-6-15;/h10,12H,2-9,15H2,1H3,(H,16,19);1H. The number of amides is 1. The molecular formula is C14H25ClN4OS. The Bertz CT molecular complexity index is 440. The van der Waals surface area contributed by atoms with Gasteiger partial charge in [0.2, 0.25) is 5.91 Å². The Balaban J connectivity index is 0.00000220. The number of hydrogen-bond acceptors (Lipinski definition) is 5. The molecule has 0 aliphatic carbocycles. The van der Waals surface area contributed by atoms with Crippen molar-refractivity contribution >= 4 is 29.7 Å². The van der Waals surface area contributed by atoms with Crippen LogP contribution in [0.25, 0.3) is 0 Å². The molecule has 7 heteroatoms. The number of likely N-dealkylation sites (tertiary alicyclic amines) is 1. The molecule has 5 nitrogen and oxygen atoms in total. The van der Waals surface area contributed by atoms with Gasteiger partial charge in [-0.05, 0) is 26.3 Å². The SMILES string of the molecule is Cc1ncsc1CN1CCCCC1CNC(=O)CCN.Cl. The second kappa shape index (κ2) is 9.35. The van der Waals surface area contributed by atoms with Gasteiger partial charge in [0.1, 0.15) is 0 Å². The monoisotopic (exact) mass is 332 g/mol. The molecule has 1 aromatic heterocycles. The van der Waals surface area contributed by atoms with Gasteiger partial charge >= 0.3 is 0 Å². The van der Waals surface area contributed by atoms with Crippen LogP contribution in [-0.2, 0) is 11.3 Å². The molecule has 21 heavy (non-hydrogen) atoms. The fourth-order valence-electron chi connectivity index (χ4n) is 2.61. The molecule has 120 valence electrons. The Morgan fingerprint density at radius 3 is 3.05 bits per heavy atom. The Morgan fingerprint density at radius 2 is 2.38 bits per heavy atom. The molecule has 1 aromatic rings. The molecule has 0 bridgehead atoms. The first-order chi connectivity index (χ1) is 9.70. The molecule has 1 amide bonds. The second-order valence-electron chi connectivity index (χ2n) is 5.32. The summed E-state index contributed by atoms with van der Waals surface area (Å²) in [6, 6.07) is 0.437. The predicted molar refractivity (Wildman–Crippen MR) is 88.8 cm³/mol. The number of thiazole rings is 1. The van der Waals surface area contributed by atoms with Crippen molar-refractivity contribution in [1.29, 1.82) is 0 Å². The maximum atomic E-state index is 11.5. The smallest absolute Gasteiger partial charge is 0.221 e. The Morgan fingerprint density at radius 1 is 1.57 bits per heavy atom. The minimum absolute atomic E-state index is 0. The second-order valence-corrected chi connectivity index (χ2v) is 6.26. The Hall–Kier alpha value is -0.690. The molecule has 1 aliphatic heterocycles. The lowest BCUT2D eigenvalue weighted by atomic mass is 10.0. The van der Waals surface area contributed by atoms with E-state index < -0.39 is 0 Å². The lowest BCUT2D eigenvalue weighted by Crippen LogP contribution is -2.46. The van der Waals surface area contributed by atoms with Crippen molar-refractivity contribution in [2.24, 2.45) is 5.73 Å². The highest BCUT2D eigenvalue weighted by Gasteiger charge is 2.23. The van der Waals surface area contributed by atoms with Crippen LogP contribution in [0, 0.1) is 6.92 Å². The summed E-state index contributed by atoms with van der Waals surface area (Å²) in [4.78, 5) is 19.7. The van der Waals surface area contributed by atoms with E-state index in [2.05, 4.69) is 22.1 Å². The number of aromatic nitrogens is 1. The van der Waals surface area contributed by atoms with Crippen molar-refractivity contribution in [3.8, 4) is 0 Å². The van der Waals surface area contributed by atoms with Crippen LogP contribution in [0.4, 0.5) is 0 Å². The minimum atomic E-state index is 0. The van der Waals surface area contributed by atoms with E-state index in [1.807, 2.05) is 5.51 Å². The summed E-state index contributed by atoms with van der Waals surface area (Å²) in [6.45, 7) is 5.27. The average molecular weight is 333 g/mol. The first kappa shape index (κ1) is 18.4. The molecule has 1 aliphatic rings. The summed E-state index contributed by atoms with van der Waals surface area (Å²) >= 11 is 1.72. The number of hydrogen-bond donors (Lipinski definition) is 2. The Kier molecular flexibility index (Phi) is 8.18. The van der Waals surface area contributed by atoms with E-state index in [1.54, 1.807) is 11.3 Å². The maximum Gasteiger partial charge on any atom is 0.221 e. The van der Waals surface area contributed by atoms with Crippen LogP contribution < -0.4 is 11.1 Å². The molecule has 1 saturated heterocycles. The Labute approximate surface area is 136 Å². The lowest BCUT2D eigenvalue weighted by Gasteiger charge is -2.35. The molecule has 0 spiro atoms. The van der Waals surface area contributed by atoms with Gasteiger partial charge in [0, 0.05) is 37.0 Å². The zero-order chi connectivity index (χ0) is 14.4. The highest BCUT2D eigenvalue weighted by Crippen LogP contribution is 2.22. The fourth-order valence-corrected chi connectivity index (χ4v) is 3.41. The molecule has 1 unspecified atom stereocenters. The van der Waals surface area contributed by atoms with Crippen LogP contribution in [0.15, 0.2) is 5.51 Å². The number of halogens is 1. The number of nitrogens with one attached hydrogen (secondary N) is 1. The van der Waals surface area contributed by atoms with Gasteiger partial charge in [-0.1, -0.05) is 6.42 Å². The van der Waals surface area contributed by atoms with E-state index in [0.717, 1.165) is 31.7 Å². The molecule has 2 rings (SSSR count). The van der Waals surface area contributed by atoms with Gasteiger partial charge in [0.05, 0.1) is 11.2 Å². The normalized spacial score (nSPS) is 19.0. The topological polar surface area (TPSA) is 71.2 Å². The summed E-state index contributed by atoms with van der Waals surface area (Å²) in [6.07, 6.45) is 4.06. The molecule has 2 heterocycles. The predicted octanol–water partition coefficient (Wildman–Crippen LogP) is 1.69. The van der Waals surface area contributed by atoms with Crippen molar-refractivity contribution in [3.63, 3.8) is 0 Å². The van der Waals surface area contributed by atoms with Crippen LogP contribution in [0.2, 0.25) is 0 Å². The van der Waals surface area contributed by atoms with Crippen LogP contribution >= 0.6 is 23.7 Å². The molecule has 1 atom stereocenters. The van der Waals surface area contributed by atoms with Crippen LogP contribution in [0.5, 0.6) is 0 Å². The highest BCUT2D eigenvalue weighted by molar-refractivity contribution is 7.09. The van der Waals surface area contributed by atoms with Crippen LogP contribution in [-0.4, -0.2) is 41.5 Å². The number of aryl methyl sites for hydroxylation is 1. The minimum Gasteiger partial charge on any atom is -0.354 e. The van der Waals surface area contributed by atoms with Gasteiger partial charge in [-0.2, -0.15) is 0 Å². The van der Waals surface area contributed by atoms with Gasteiger partial charge in [-0.25, -0.2) is 4.98 Å². The van der Waals surface area contributed by atoms with E-state index >= 15 is 0 Å². The zero-order valence-electron chi connectivity index (χ0n) is 12.5. The van der Waals surface area contributed by atoms with Crippen molar-refractivity contribution in [1.82, 2.24) is 15.2 Å². The number of carbonyl (C=O) groups excluding carboxylic acids is 1. The van der Waals surface area contributed by atoms with Gasteiger partial charge in [-0.3, -0.25) is 9.69 Å². The summed E-state index contributed by atoms with van der Waals surface area (Å²) in [5, 5.41) is 3.00. The van der Waals surface area contributed by atoms with E-state index in [4.69, 9.17) is 5.73 Å². The third kappa shape index (κ3) is 5.54. The van der Waals surface area contributed by atoms with E-state index in [9.17, 15) is 4.79 Å². The van der Waals surface area contributed by atoms with Crippen molar-refractivity contribution in [2.75, 3.05) is 19.6 Å². The number of carbonyl (C=O) groups is 1. The van der Waals surface area contributed by atoms with E-state index in [0.29, 0.717) is 19.0 Å². The number of rotatable bonds is 6. The highest BCUT2D eigenvalue weighted by atomic mass is 35.5. The van der Waals surface area contributed by atoms with Crippen molar-refractivity contribution < 1.29 is 4.79 Å². The number of piperidine rings is 1. The fraction of sp³-hybridized carbons (Fsp3) is 0.714. The third-order valence-corrected chi connectivity index (χ3v) is 4.77. The summed E-state index contributed by atoms with van der Waals surface area (Å²) in [5.74, 6) is 0.0620. The van der Waals surface area contributed by atoms with E-state index in [1.165, 1.54) is 17.7 Å². The molecule has 0 radical (unpaired) electrons. The van der Waals surface area contributed by atoms with Crippen LogP contribution in [0.3, 0.4) is 0 Å².